The van der Waals surface area contributed by atoms with E-state index in [1.54, 1.807) is 30.0 Å². The van der Waals surface area contributed by atoms with Gasteiger partial charge in [0.25, 0.3) is 0 Å². The Morgan fingerprint density at radius 3 is 2.74 bits per heavy atom. The van der Waals surface area contributed by atoms with Gasteiger partial charge in [0.15, 0.2) is 0 Å². The third-order valence-electron chi connectivity index (χ3n) is 3.80. The molecule has 1 aromatic heterocycles. The van der Waals surface area contributed by atoms with Crippen LogP contribution in [0.25, 0.3) is 10.9 Å². The van der Waals surface area contributed by atoms with Gasteiger partial charge in [0, 0.05) is 30.9 Å². The molecule has 1 aromatic carbocycles. The summed E-state index contributed by atoms with van der Waals surface area (Å²) in [5, 5.41) is 3.26. The summed E-state index contributed by atoms with van der Waals surface area (Å²) >= 11 is 0. The van der Waals surface area contributed by atoms with Crippen molar-refractivity contribution in [1.29, 1.82) is 0 Å². The van der Waals surface area contributed by atoms with Crippen LogP contribution in [0.1, 0.15) is 19.2 Å². The SMILES string of the molecule is C[C@@H]1CC(=O)NCCN1c1nc(C(F)(F)F)nc2ccccc12. The maximum absolute atomic E-state index is 13.1. The lowest BCUT2D eigenvalue weighted by Crippen LogP contribution is -2.35. The monoisotopic (exact) mass is 324 g/mol. The lowest BCUT2D eigenvalue weighted by molar-refractivity contribution is -0.144. The molecule has 0 spiro atoms. The molecule has 0 bridgehead atoms. The summed E-state index contributed by atoms with van der Waals surface area (Å²) in [6.45, 7) is 2.56. The fourth-order valence-corrected chi connectivity index (χ4v) is 2.71. The second kappa shape index (κ2) is 5.68. The summed E-state index contributed by atoms with van der Waals surface area (Å²) in [5.41, 5.74) is 0.237. The van der Waals surface area contributed by atoms with Crippen molar-refractivity contribution in [2.45, 2.75) is 25.6 Å². The standard InChI is InChI=1S/C15H15F3N4O/c1-9-8-12(23)19-6-7-22(9)13-10-4-2-3-5-11(10)20-14(21-13)15(16,17)18/h2-5,9H,6-8H2,1H3,(H,19,23)/t9-/m1/s1. The van der Waals surface area contributed by atoms with Gasteiger partial charge in [-0.05, 0) is 19.1 Å². The van der Waals surface area contributed by atoms with Crippen LogP contribution in [-0.4, -0.2) is 35.0 Å². The number of rotatable bonds is 1. The predicted octanol–water partition coefficient (Wildman–Crippen LogP) is 2.36. The molecule has 1 N–H and O–H groups in total. The zero-order chi connectivity index (χ0) is 16.6. The summed E-state index contributed by atoms with van der Waals surface area (Å²) in [7, 11) is 0. The molecule has 1 fully saturated rings. The lowest BCUT2D eigenvalue weighted by atomic mass is 10.1. The van der Waals surface area contributed by atoms with Crippen molar-refractivity contribution < 1.29 is 18.0 Å². The van der Waals surface area contributed by atoms with Gasteiger partial charge in [-0.3, -0.25) is 4.79 Å². The Morgan fingerprint density at radius 1 is 1.26 bits per heavy atom. The Hall–Kier alpha value is -2.38. The topological polar surface area (TPSA) is 58.1 Å². The maximum Gasteiger partial charge on any atom is 0.451 e. The summed E-state index contributed by atoms with van der Waals surface area (Å²) in [6.07, 6.45) is -4.42. The van der Waals surface area contributed by atoms with Crippen LogP contribution in [-0.2, 0) is 11.0 Å². The van der Waals surface area contributed by atoms with E-state index in [2.05, 4.69) is 15.3 Å². The maximum atomic E-state index is 13.1. The van der Waals surface area contributed by atoms with Crippen LogP contribution in [0.5, 0.6) is 0 Å². The number of hydrogen-bond acceptors (Lipinski definition) is 4. The molecule has 5 nitrogen and oxygen atoms in total. The molecule has 1 aliphatic heterocycles. The number of halogens is 3. The van der Waals surface area contributed by atoms with Gasteiger partial charge >= 0.3 is 6.18 Å². The number of aromatic nitrogens is 2. The molecule has 2 heterocycles. The number of para-hydroxylation sites is 1. The molecule has 1 aliphatic rings. The minimum Gasteiger partial charge on any atom is -0.354 e. The van der Waals surface area contributed by atoms with Crippen LogP contribution in [0.3, 0.4) is 0 Å². The highest BCUT2D eigenvalue weighted by atomic mass is 19.4. The zero-order valence-corrected chi connectivity index (χ0v) is 12.4. The quantitative estimate of drug-likeness (QED) is 0.875. The molecule has 0 aliphatic carbocycles. The van der Waals surface area contributed by atoms with Crippen LogP contribution in [0.2, 0.25) is 0 Å². The van der Waals surface area contributed by atoms with E-state index < -0.39 is 12.0 Å². The Balaban J connectivity index is 2.16. The van der Waals surface area contributed by atoms with Gasteiger partial charge in [0.05, 0.1) is 5.52 Å². The minimum atomic E-state index is -4.62. The number of hydrogen-bond donors (Lipinski definition) is 1. The van der Waals surface area contributed by atoms with E-state index in [0.29, 0.717) is 18.5 Å². The van der Waals surface area contributed by atoms with Crippen molar-refractivity contribution in [3.05, 3.63) is 30.1 Å². The molecule has 0 radical (unpaired) electrons. The van der Waals surface area contributed by atoms with Gasteiger partial charge in [-0.15, -0.1) is 0 Å². The Labute approximate surface area is 130 Å². The number of alkyl halides is 3. The van der Waals surface area contributed by atoms with E-state index in [1.807, 2.05) is 0 Å². The largest absolute Gasteiger partial charge is 0.451 e. The van der Waals surface area contributed by atoms with E-state index in [1.165, 1.54) is 6.07 Å². The van der Waals surface area contributed by atoms with Crippen molar-refractivity contribution in [2.75, 3.05) is 18.0 Å². The molecule has 1 saturated heterocycles. The number of nitrogens with zero attached hydrogens (tertiary/aromatic N) is 3. The smallest absolute Gasteiger partial charge is 0.354 e. The molecule has 0 saturated carbocycles. The first kappa shape index (κ1) is 15.5. The Kier molecular flexibility index (Phi) is 3.83. The Morgan fingerprint density at radius 2 is 2.00 bits per heavy atom. The number of nitrogens with one attached hydrogen (secondary N) is 1. The van der Waals surface area contributed by atoms with Crippen molar-refractivity contribution in [1.82, 2.24) is 15.3 Å². The third-order valence-corrected chi connectivity index (χ3v) is 3.80. The predicted molar refractivity (Wildman–Crippen MR) is 79.0 cm³/mol. The normalized spacial score (nSPS) is 19.6. The molecular formula is C15H15F3N4O. The van der Waals surface area contributed by atoms with E-state index >= 15 is 0 Å². The number of amides is 1. The molecule has 8 heteroatoms. The van der Waals surface area contributed by atoms with E-state index in [4.69, 9.17) is 0 Å². The molecule has 1 atom stereocenters. The summed E-state index contributed by atoms with van der Waals surface area (Å²) in [6, 6.07) is 6.33. The highest BCUT2D eigenvalue weighted by molar-refractivity contribution is 5.90. The van der Waals surface area contributed by atoms with Gasteiger partial charge in [0.2, 0.25) is 11.7 Å². The first-order chi connectivity index (χ1) is 10.9. The molecular weight excluding hydrogens is 309 g/mol. The molecule has 122 valence electrons. The second-order valence-electron chi connectivity index (χ2n) is 5.48. The van der Waals surface area contributed by atoms with Crippen LogP contribution in [0.4, 0.5) is 19.0 Å². The number of anilines is 1. The fraction of sp³-hybridized carbons (Fsp3) is 0.400. The van der Waals surface area contributed by atoms with Crippen molar-refractivity contribution in [3.8, 4) is 0 Å². The summed E-state index contributed by atoms with van der Waals surface area (Å²) in [5.74, 6) is -1.07. The van der Waals surface area contributed by atoms with E-state index in [9.17, 15) is 18.0 Å². The highest BCUT2D eigenvalue weighted by Crippen LogP contribution is 2.32. The molecule has 0 unspecified atom stereocenters. The lowest BCUT2D eigenvalue weighted by Gasteiger charge is -2.28. The van der Waals surface area contributed by atoms with Gasteiger partial charge in [-0.25, -0.2) is 9.97 Å². The van der Waals surface area contributed by atoms with Crippen LogP contribution < -0.4 is 10.2 Å². The van der Waals surface area contributed by atoms with E-state index in [-0.39, 0.29) is 29.7 Å². The number of carbonyl (C=O) groups is 1. The van der Waals surface area contributed by atoms with Crippen molar-refractivity contribution in [2.24, 2.45) is 0 Å². The third kappa shape index (κ3) is 3.06. The number of benzene rings is 1. The first-order valence-electron chi connectivity index (χ1n) is 7.23. The number of carbonyl (C=O) groups excluding carboxylic acids is 1. The molecule has 1 amide bonds. The van der Waals surface area contributed by atoms with Crippen LogP contribution in [0.15, 0.2) is 24.3 Å². The van der Waals surface area contributed by atoms with Crippen molar-refractivity contribution in [3.63, 3.8) is 0 Å². The van der Waals surface area contributed by atoms with Crippen molar-refractivity contribution >= 4 is 22.6 Å². The fourth-order valence-electron chi connectivity index (χ4n) is 2.71. The minimum absolute atomic E-state index is 0.116. The molecule has 23 heavy (non-hydrogen) atoms. The van der Waals surface area contributed by atoms with Gasteiger partial charge in [-0.1, -0.05) is 12.1 Å². The summed E-state index contributed by atoms with van der Waals surface area (Å²) in [4.78, 5) is 20.7. The second-order valence-corrected chi connectivity index (χ2v) is 5.48. The van der Waals surface area contributed by atoms with E-state index in [0.717, 1.165) is 0 Å². The highest BCUT2D eigenvalue weighted by Gasteiger charge is 2.36. The Bertz CT molecular complexity index is 747. The zero-order valence-electron chi connectivity index (χ0n) is 12.4. The van der Waals surface area contributed by atoms with Crippen LogP contribution >= 0.6 is 0 Å². The van der Waals surface area contributed by atoms with Crippen LogP contribution in [0, 0.1) is 0 Å². The summed E-state index contributed by atoms with van der Waals surface area (Å²) < 4.78 is 39.3. The molecule has 2 aromatic rings. The average molecular weight is 324 g/mol. The average Bonchev–Trinajstić information content (AvgIpc) is 2.65. The molecule has 3 rings (SSSR count). The number of fused-ring (bicyclic) bond motifs is 1. The van der Waals surface area contributed by atoms with Gasteiger partial charge < -0.3 is 10.2 Å². The van der Waals surface area contributed by atoms with Gasteiger partial charge in [-0.2, -0.15) is 13.2 Å². The first-order valence-corrected chi connectivity index (χ1v) is 7.23. The van der Waals surface area contributed by atoms with Gasteiger partial charge in [0.1, 0.15) is 5.82 Å².